The van der Waals surface area contributed by atoms with E-state index in [1.807, 2.05) is 48.5 Å². The number of carbonyl (C=O) groups is 1. The van der Waals surface area contributed by atoms with Crippen LogP contribution in [0.5, 0.6) is 0 Å². The molecule has 0 aromatic carbocycles. The Morgan fingerprint density at radius 1 is 1.17 bits per heavy atom. The SMILES string of the molecule is CN1C=CC=C/C1=C\C=C1/C=CC(=O)C(O)=C1.I. The van der Waals surface area contributed by atoms with Gasteiger partial charge in [-0.25, -0.2) is 0 Å². The zero-order chi connectivity index (χ0) is 12.3. The first kappa shape index (κ1) is 14.5. The number of hydrogen-bond donors (Lipinski definition) is 1. The third-order valence-electron chi connectivity index (χ3n) is 2.52. The van der Waals surface area contributed by atoms with Crippen molar-refractivity contribution in [2.45, 2.75) is 0 Å². The minimum atomic E-state index is -0.354. The lowest BCUT2D eigenvalue weighted by Gasteiger charge is -2.17. The van der Waals surface area contributed by atoms with Crippen LogP contribution in [0.4, 0.5) is 0 Å². The first-order valence-corrected chi connectivity index (χ1v) is 5.29. The Labute approximate surface area is 123 Å². The van der Waals surface area contributed by atoms with Crippen molar-refractivity contribution < 1.29 is 9.90 Å². The van der Waals surface area contributed by atoms with Crippen molar-refractivity contribution in [1.82, 2.24) is 4.90 Å². The monoisotopic (exact) mass is 355 g/mol. The predicted molar refractivity (Wildman–Crippen MR) is 82.5 cm³/mol. The summed E-state index contributed by atoms with van der Waals surface area (Å²) in [6, 6.07) is 0. The smallest absolute Gasteiger partial charge is 0.220 e. The first-order valence-electron chi connectivity index (χ1n) is 5.29. The van der Waals surface area contributed by atoms with Gasteiger partial charge in [0.15, 0.2) is 5.76 Å². The molecule has 1 aliphatic carbocycles. The van der Waals surface area contributed by atoms with E-state index in [-0.39, 0.29) is 35.5 Å². The summed E-state index contributed by atoms with van der Waals surface area (Å²) in [5.41, 5.74) is 1.84. The lowest BCUT2D eigenvalue weighted by molar-refractivity contribution is -0.113. The summed E-state index contributed by atoms with van der Waals surface area (Å²) in [7, 11) is 1.96. The lowest BCUT2D eigenvalue weighted by atomic mass is 10.1. The minimum Gasteiger partial charge on any atom is -0.504 e. The van der Waals surface area contributed by atoms with E-state index in [2.05, 4.69) is 0 Å². The van der Waals surface area contributed by atoms with Crippen LogP contribution in [0.1, 0.15) is 0 Å². The van der Waals surface area contributed by atoms with Crippen LogP contribution >= 0.6 is 24.0 Å². The van der Waals surface area contributed by atoms with Gasteiger partial charge in [-0.1, -0.05) is 18.2 Å². The maximum atomic E-state index is 11.0. The summed E-state index contributed by atoms with van der Waals surface area (Å²) < 4.78 is 0. The average molecular weight is 355 g/mol. The Hall–Kier alpha value is -1.56. The van der Waals surface area contributed by atoms with Crippen molar-refractivity contribution in [2.75, 3.05) is 7.05 Å². The van der Waals surface area contributed by atoms with Gasteiger partial charge in [0.2, 0.25) is 5.78 Å². The van der Waals surface area contributed by atoms with Crippen LogP contribution in [-0.2, 0) is 4.79 Å². The van der Waals surface area contributed by atoms with Crippen LogP contribution in [0.2, 0.25) is 0 Å². The van der Waals surface area contributed by atoms with Gasteiger partial charge < -0.3 is 10.0 Å². The van der Waals surface area contributed by atoms with E-state index in [1.54, 1.807) is 6.08 Å². The molecule has 0 saturated carbocycles. The largest absolute Gasteiger partial charge is 0.504 e. The van der Waals surface area contributed by atoms with Gasteiger partial charge in [0, 0.05) is 18.9 Å². The van der Waals surface area contributed by atoms with E-state index in [0.29, 0.717) is 0 Å². The van der Waals surface area contributed by atoms with Crippen LogP contribution in [0.15, 0.2) is 71.8 Å². The molecule has 0 fully saturated rings. The topological polar surface area (TPSA) is 40.5 Å². The fraction of sp³-hybridized carbons (Fsp3) is 0.0714. The van der Waals surface area contributed by atoms with Crippen LogP contribution < -0.4 is 0 Å². The number of likely N-dealkylation sites (N-methyl/N-ethyl adjacent to an activating group) is 1. The number of nitrogens with zero attached hydrogens (tertiary/aromatic N) is 1. The van der Waals surface area contributed by atoms with E-state index in [9.17, 15) is 9.90 Å². The Balaban J connectivity index is 0.00000162. The van der Waals surface area contributed by atoms with E-state index in [0.717, 1.165) is 11.3 Å². The Bertz CT molecular complexity index is 522. The first-order chi connectivity index (χ1) is 8.16. The summed E-state index contributed by atoms with van der Waals surface area (Å²) in [6.07, 6.45) is 16.1. The molecule has 1 aliphatic heterocycles. The summed E-state index contributed by atoms with van der Waals surface area (Å²) in [6.45, 7) is 0. The summed E-state index contributed by atoms with van der Waals surface area (Å²) in [5.74, 6) is -0.572. The molecule has 0 saturated heterocycles. The molecule has 94 valence electrons. The van der Waals surface area contributed by atoms with Gasteiger partial charge >= 0.3 is 0 Å². The molecule has 3 nitrogen and oxygen atoms in total. The second-order valence-corrected chi connectivity index (χ2v) is 3.80. The number of aliphatic hydroxyl groups excluding tert-OH is 1. The van der Waals surface area contributed by atoms with Crippen LogP contribution in [0.3, 0.4) is 0 Å². The molecule has 2 aliphatic rings. The molecule has 0 bridgehead atoms. The number of ketones is 1. The molecule has 0 radical (unpaired) electrons. The molecule has 0 unspecified atom stereocenters. The standard InChI is InChI=1S/C14H13NO2.HI/c1-15-9-3-2-4-12(15)7-5-11-6-8-13(16)14(17)10-11;/h2-10,17H,1H3;1H/b11-5+,12-7+;. The number of aliphatic hydroxyl groups is 1. The van der Waals surface area contributed by atoms with Crippen molar-refractivity contribution in [3.8, 4) is 0 Å². The summed E-state index contributed by atoms with van der Waals surface area (Å²) in [5, 5.41) is 9.30. The Morgan fingerprint density at radius 2 is 1.94 bits per heavy atom. The van der Waals surface area contributed by atoms with Gasteiger partial charge in [-0.05, 0) is 36.0 Å². The van der Waals surface area contributed by atoms with Crippen molar-refractivity contribution >= 4 is 29.8 Å². The lowest BCUT2D eigenvalue weighted by Crippen LogP contribution is -2.09. The van der Waals surface area contributed by atoms with Crippen molar-refractivity contribution in [2.24, 2.45) is 0 Å². The highest BCUT2D eigenvalue weighted by atomic mass is 127. The summed E-state index contributed by atoms with van der Waals surface area (Å²) in [4.78, 5) is 13.0. The van der Waals surface area contributed by atoms with Gasteiger partial charge in [-0.3, -0.25) is 4.79 Å². The highest BCUT2D eigenvalue weighted by molar-refractivity contribution is 14.0. The normalized spacial score (nSPS) is 22.4. The molecule has 4 heteroatoms. The van der Waals surface area contributed by atoms with Crippen LogP contribution in [0.25, 0.3) is 0 Å². The van der Waals surface area contributed by atoms with Gasteiger partial charge in [0.25, 0.3) is 0 Å². The number of halogens is 1. The molecular weight excluding hydrogens is 341 g/mol. The molecule has 0 spiro atoms. The molecule has 1 N–H and O–H groups in total. The number of carbonyl (C=O) groups excluding carboxylic acids is 1. The minimum absolute atomic E-state index is 0. The van der Waals surface area contributed by atoms with E-state index < -0.39 is 0 Å². The molecule has 0 atom stereocenters. The second kappa shape index (κ2) is 6.39. The van der Waals surface area contributed by atoms with E-state index in [4.69, 9.17) is 0 Å². The molecule has 0 aromatic rings. The maximum absolute atomic E-state index is 11.0. The van der Waals surface area contributed by atoms with Gasteiger partial charge in [0.1, 0.15) is 0 Å². The fourth-order valence-corrected chi connectivity index (χ4v) is 1.53. The Morgan fingerprint density at radius 3 is 2.61 bits per heavy atom. The van der Waals surface area contributed by atoms with Gasteiger partial charge in [0.05, 0.1) is 0 Å². The Kier molecular flexibility index (Phi) is 5.15. The molecule has 0 aromatic heterocycles. The second-order valence-electron chi connectivity index (χ2n) is 3.80. The number of rotatable bonds is 1. The van der Waals surface area contributed by atoms with E-state index >= 15 is 0 Å². The third-order valence-corrected chi connectivity index (χ3v) is 2.52. The van der Waals surface area contributed by atoms with Crippen LogP contribution in [-0.4, -0.2) is 22.8 Å². The third kappa shape index (κ3) is 3.46. The molecule has 0 amide bonds. The van der Waals surface area contributed by atoms with Crippen molar-refractivity contribution in [3.63, 3.8) is 0 Å². The highest BCUT2D eigenvalue weighted by Gasteiger charge is 2.08. The molecule has 2 rings (SSSR count). The number of allylic oxidation sites excluding steroid dienone is 9. The van der Waals surface area contributed by atoms with Crippen molar-refractivity contribution in [3.05, 3.63) is 71.8 Å². The average Bonchev–Trinajstić information content (AvgIpc) is 2.32. The number of hydrogen-bond acceptors (Lipinski definition) is 3. The molecule has 1 heterocycles. The van der Waals surface area contributed by atoms with Gasteiger partial charge in [-0.2, -0.15) is 0 Å². The zero-order valence-corrected chi connectivity index (χ0v) is 12.2. The molecule has 18 heavy (non-hydrogen) atoms. The zero-order valence-electron chi connectivity index (χ0n) is 9.91. The molecular formula is C14H14INO2. The maximum Gasteiger partial charge on any atom is 0.220 e. The predicted octanol–water partition coefficient (Wildman–Crippen LogP) is 3.01. The fourth-order valence-electron chi connectivity index (χ4n) is 1.53. The van der Waals surface area contributed by atoms with Crippen LogP contribution in [0, 0.1) is 0 Å². The van der Waals surface area contributed by atoms with E-state index in [1.165, 1.54) is 12.2 Å². The quantitative estimate of drug-likeness (QED) is 0.736. The van der Waals surface area contributed by atoms with Crippen molar-refractivity contribution in [1.29, 1.82) is 0 Å². The van der Waals surface area contributed by atoms with Gasteiger partial charge in [-0.15, -0.1) is 24.0 Å². The summed E-state index contributed by atoms with van der Waals surface area (Å²) >= 11 is 0. The highest BCUT2D eigenvalue weighted by Crippen LogP contribution is 2.14.